The molecule has 1 rings (SSSR count). The van der Waals surface area contributed by atoms with Crippen LogP contribution in [0.25, 0.3) is 0 Å². The van der Waals surface area contributed by atoms with Crippen molar-refractivity contribution < 1.29 is 0 Å². The van der Waals surface area contributed by atoms with Crippen molar-refractivity contribution >= 4 is 17.3 Å². The number of allylic oxidation sites excluding steroid dienone is 1. The molecule has 0 bridgehead atoms. The van der Waals surface area contributed by atoms with Crippen LogP contribution in [0, 0.1) is 0 Å². The molecule has 0 aliphatic rings. The summed E-state index contributed by atoms with van der Waals surface area (Å²) in [6.45, 7) is 0.452. The van der Waals surface area contributed by atoms with E-state index in [0.717, 1.165) is 0 Å². The van der Waals surface area contributed by atoms with E-state index in [-0.39, 0.29) is 11.2 Å². The molecule has 3 nitrogen and oxygen atoms in total. The normalized spacial score (nSPS) is 10.8. The fourth-order valence-corrected chi connectivity index (χ4v) is 0.932. The lowest BCUT2D eigenvalue weighted by Gasteiger charge is -2.00. The van der Waals surface area contributed by atoms with E-state index in [0.29, 0.717) is 6.54 Å². The summed E-state index contributed by atoms with van der Waals surface area (Å²) in [6.07, 6.45) is 3.33. The Labute approximate surface area is 75.1 Å². The van der Waals surface area contributed by atoms with Gasteiger partial charge in [-0.3, -0.25) is 4.79 Å². The first kappa shape index (κ1) is 8.87. The molecule has 0 unspecified atom stereocenters. The fraction of sp³-hybridized carbons (Fsp3) is 0.125. The zero-order chi connectivity index (χ0) is 8.97. The maximum absolute atomic E-state index is 11.2. The number of nitrogens with zero attached hydrogens (tertiary/aromatic N) is 1. The first-order valence-electron chi connectivity index (χ1n) is 3.46. The highest BCUT2D eigenvalue weighted by Gasteiger charge is 1.95. The lowest BCUT2D eigenvalue weighted by molar-refractivity contribution is 0.783. The van der Waals surface area contributed by atoms with Crippen molar-refractivity contribution in [3.05, 3.63) is 40.3 Å². The third-order valence-electron chi connectivity index (χ3n) is 1.44. The maximum Gasteiger partial charge on any atom is 0.273 e. The highest BCUT2D eigenvalue weighted by Crippen LogP contribution is 1.92. The van der Waals surface area contributed by atoms with Crippen LogP contribution in [0.4, 0.5) is 5.69 Å². The fourth-order valence-electron chi connectivity index (χ4n) is 0.853. The molecule has 64 valence electrons. The van der Waals surface area contributed by atoms with Crippen LogP contribution >= 0.6 is 11.6 Å². The van der Waals surface area contributed by atoms with Crippen molar-refractivity contribution in [2.24, 2.45) is 0 Å². The summed E-state index contributed by atoms with van der Waals surface area (Å²) in [7, 11) is 0. The molecule has 1 aromatic rings. The summed E-state index contributed by atoms with van der Waals surface area (Å²) >= 11 is 5.32. The number of nitrogens with two attached hydrogens (primary N) is 1. The Morgan fingerprint density at radius 3 is 3.08 bits per heavy atom. The topological polar surface area (TPSA) is 48.0 Å². The van der Waals surface area contributed by atoms with Gasteiger partial charge in [0.2, 0.25) is 0 Å². The molecule has 2 N–H and O–H groups in total. The Balaban J connectivity index is 3.00. The minimum absolute atomic E-state index is 0.188. The van der Waals surface area contributed by atoms with Crippen molar-refractivity contribution in [3.8, 4) is 0 Å². The van der Waals surface area contributed by atoms with Gasteiger partial charge in [0, 0.05) is 18.3 Å². The Morgan fingerprint density at radius 1 is 1.67 bits per heavy atom. The van der Waals surface area contributed by atoms with E-state index < -0.39 is 0 Å². The number of aromatic nitrogens is 1. The van der Waals surface area contributed by atoms with Crippen LogP contribution in [0.2, 0.25) is 0 Å². The molecular weight excluding hydrogens is 176 g/mol. The predicted octanol–water partition coefficient (Wildman–Crippen LogP) is 1.18. The minimum atomic E-state index is -0.188. The average molecular weight is 185 g/mol. The highest BCUT2D eigenvalue weighted by atomic mass is 35.5. The Bertz CT molecular complexity index is 343. The van der Waals surface area contributed by atoms with Crippen LogP contribution < -0.4 is 11.3 Å². The van der Waals surface area contributed by atoms with Gasteiger partial charge < -0.3 is 10.3 Å². The van der Waals surface area contributed by atoms with E-state index in [1.165, 1.54) is 10.1 Å². The van der Waals surface area contributed by atoms with Crippen molar-refractivity contribution in [1.29, 1.82) is 0 Å². The lowest BCUT2D eigenvalue weighted by Crippen LogP contribution is -2.21. The average Bonchev–Trinajstić information content (AvgIpc) is 2.08. The molecule has 0 aliphatic carbocycles. The summed E-state index contributed by atoms with van der Waals surface area (Å²) < 4.78 is 1.48. The number of hydrogen-bond acceptors (Lipinski definition) is 2. The third-order valence-corrected chi connectivity index (χ3v) is 1.62. The zero-order valence-electron chi connectivity index (χ0n) is 6.40. The third kappa shape index (κ3) is 1.89. The molecule has 0 saturated carbocycles. The van der Waals surface area contributed by atoms with Gasteiger partial charge in [0.15, 0.2) is 0 Å². The van der Waals surface area contributed by atoms with Gasteiger partial charge in [0.05, 0.1) is 5.69 Å². The van der Waals surface area contributed by atoms with Gasteiger partial charge >= 0.3 is 0 Å². The van der Waals surface area contributed by atoms with Crippen LogP contribution in [0.1, 0.15) is 0 Å². The van der Waals surface area contributed by atoms with Gasteiger partial charge in [-0.2, -0.15) is 0 Å². The first-order valence-corrected chi connectivity index (χ1v) is 3.89. The Hall–Kier alpha value is -1.22. The smallest absolute Gasteiger partial charge is 0.273 e. The Morgan fingerprint density at radius 2 is 2.42 bits per heavy atom. The molecule has 4 heteroatoms. The molecule has 1 aromatic heterocycles. The van der Waals surface area contributed by atoms with Crippen molar-refractivity contribution in [2.75, 3.05) is 5.73 Å². The van der Waals surface area contributed by atoms with Crippen LogP contribution in [0.3, 0.4) is 0 Å². The van der Waals surface area contributed by atoms with Gasteiger partial charge in [0.1, 0.15) is 0 Å². The van der Waals surface area contributed by atoms with Crippen LogP contribution in [-0.2, 0) is 6.54 Å². The molecule has 0 aromatic carbocycles. The van der Waals surface area contributed by atoms with Gasteiger partial charge in [-0.05, 0) is 12.1 Å². The van der Waals surface area contributed by atoms with E-state index >= 15 is 0 Å². The quantitative estimate of drug-likeness (QED) is 0.751. The van der Waals surface area contributed by atoms with Gasteiger partial charge in [0.25, 0.3) is 5.56 Å². The lowest BCUT2D eigenvalue weighted by atomic mass is 10.4. The van der Waals surface area contributed by atoms with Crippen molar-refractivity contribution in [3.63, 3.8) is 0 Å². The molecule has 1 heterocycles. The van der Waals surface area contributed by atoms with Crippen molar-refractivity contribution in [2.45, 2.75) is 6.54 Å². The molecule has 0 spiro atoms. The van der Waals surface area contributed by atoms with Gasteiger partial charge in [-0.15, -0.1) is 0 Å². The molecule has 0 saturated heterocycles. The molecular formula is C8H9ClN2O. The van der Waals surface area contributed by atoms with Crippen LogP contribution in [-0.4, -0.2) is 4.57 Å². The monoisotopic (exact) mass is 184 g/mol. The number of nitrogen functional groups attached to an aromatic ring is 1. The second-order valence-electron chi connectivity index (χ2n) is 2.28. The molecule has 12 heavy (non-hydrogen) atoms. The van der Waals surface area contributed by atoms with E-state index in [9.17, 15) is 4.79 Å². The highest BCUT2D eigenvalue weighted by molar-refractivity contribution is 6.25. The van der Waals surface area contributed by atoms with Gasteiger partial charge in [-0.25, -0.2) is 0 Å². The van der Waals surface area contributed by atoms with E-state index in [1.54, 1.807) is 24.4 Å². The second-order valence-corrected chi connectivity index (χ2v) is 2.53. The number of rotatable bonds is 2. The first-order chi connectivity index (χ1) is 5.75. The number of anilines is 1. The van der Waals surface area contributed by atoms with E-state index in [4.69, 9.17) is 17.3 Å². The SMILES string of the molecule is Nc1cccn(C/C=C/Cl)c1=O. The standard InChI is InChI=1S/C8H9ClN2O/c9-4-2-6-11-5-1-3-7(10)8(11)12/h1-5H,6,10H2/b4-2+. The second kappa shape index (κ2) is 3.97. The minimum Gasteiger partial charge on any atom is -0.394 e. The van der Waals surface area contributed by atoms with Gasteiger partial charge in [-0.1, -0.05) is 17.7 Å². The summed E-state index contributed by atoms with van der Waals surface area (Å²) in [5.41, 5.74) is 6.84. The predicted molar refractivity (Wildman–Crippen MR) is 50.1 cm³/mol. The Kier molecular flexibility index (Phi) is 2.94. The molecule has 0 amide bonds. The molecule has 0 atom stereocenters. The number of pyridine rings is 1. The summed E-state index contributed by atoms with van der Waals surface area (Å²) in [5.74, 6) is 0. The molecule has 0 fully saturated rings. The summed E-state index contributed by atoms with van der Waals surface area (Å²) in [6, 6.07) is 3.29. The van der Waals surface area contributed by atoms with Crippen LogP contribution in [0.15, 0.2) is 34.7 Å². The van der Waals surface area contributed by atoms with E-state index in [2.05, 4.69) is 0 Å². The van der Waals surface area contributed by atoms with E-state index in [1.807, 2.05) is 0 Å². The summed E-state index contributed by atoms with van der Waals surface area (Å²) in [4.78, 5) is 11.2. The zero-order valence-corrected chi connectivity index (χ0v) is 7.16. The maximum atomic E-state index is 11.2. The van der Waals surface area contributed by atoms with Crippen molar-refractivity contribution in [1.82, 2.24) is 4.57 Å². The van der Waals surface area contributed by atoms with Crippen LogP contribution in [0.5, 0.6) is 0 Å². The molecule has 0 radical (unpaired) electrons. The number of hydrogen-bond donors (Lipinski definition) is 1. The molecule has 0 aliphatic heterocycles. The number of halogens is 1. The largest absolute Gasteiger partial charge is 0.394 e. The summed E-state index contributed by atoms with van der Waals surface area (Å²) in [5, 5.41) is 0.